The van der Waals surface area contributed by atoms with E-state index in [1.165, 1.54) is 0 Å². The van der Waals surface area contributed by atoms with Crippen LogP contribution in [0, 0.1) is 11.3 Å². The Morgan fingerprint density at radius 1 is 1.22 bits per heavy atom. The molecule has 0 aliphatic heterocycles. The van der Waals surface area contributed by atoms with Crippen molar-refractivity contribution in [3.8, 4) is 6.07 Å². The first kappa shape index (κ1) is 15.0. The monoisotopic (exact) mass is 312 g/mol. The molecule has 0 bridgehead atoms. The molecular formula is C13H17BrN2O2. The van der Waals surface area contributed by atoms with Crippen molar-refractivity contribution in [3.05, 3.63) is 28.2 Å². The average molecular weight is 313 g/mol. The molecule has 0 aromatic heterocycles. The lowest BCUT2D eigenvalue weighted by molar-refractivity contribution is 0.190. The Morgan fingerprint density at radius 3 is 2.33 bits per heavy atom. The van der Waals surface area contributed by atoms with Gasteiger partial charge in [0.25, 0.3) is 0 Å². The summed E-state index contributed by atoms with van der Waals surface area (Å²) < 4.78 is 11.1. The minimum atomic E-state index is 0.616. The van der Waals surface area contributed by atoms with Crippen LogP contribution in [0.3, 0.4) is 0 Å². The highest BCUT2D eigenvalue weighted by Gasteiger charge is 2.11. The fraction of sp³-hybridized carbons (Fsp3) is 0.462. The third kappa shape index (κ3) is 4.30. The zero-order chi connectivity index (χ0) is 13.4. The van der Waals surface area contributed by atoms with Gasteiger partial charge in [0.2, 0.25) is 0 Å². The van der Waals surface area contributed by atoms with Crippen LogP contribution in [0.1, 0.15) is 5.56 Å². The summed E-state index contributed by atoms with van der Waals surface area (Å²) in [7, 11) is 3.34. The van der Waals surface area contributed by atoms with Crippen LogP contribution in [0.15, 0.2) is 22.7 Å². The molecule has 0 spiro atoms. The number of ether oxygens (including phenoxy) is 2. The van der Waals surface area contributed by atoms with E-state index in [-0.39, 0.29) is 0 Å². The molecule has 1 aromatic carbocycles. The van der Waals surface area contributed by atoms with E-state index in [4.69, 9.17) is 9.47 Å². The van der Waals surface area contributed by atoms with Gasteiger partial charge in [-0.15, -0.1) is 0 Å². The summed E-state index contributed by atoms with van der Waals surface area (Å²) in [5.41, 5.74) is 1.56. The zero-order valence-electron chi connectivity index (χ0n) is 10.6. The van der Waals surface area contributed by atoms with Crippen LogP contribution in [0.25, 0.3) is 0 Å². The fourth-order valence-corrected chi connectivity index (χ4v) is 1.99. The van der Waals surface area contributed by atoms with Crippen LogP contribution < -0.4 is 4.90 Å². The molecule has 0 radical (unpaired) electrons. The Hall–Kier alpha value is -1.09. The maximum absolute atomic E-state index is 9.18. The van der Waals surface area contributed by atoms with Gasteiger partial charge in [0.05, 0.1) is 24.5 Å². The van der Waals surface area contributed by atoms with Crippen molar-refractivity contribution >= 4 is 21.6 Å². The number of anilines is 1. The predicted molar refractivity (Wildman–Crippen MR) is 74.8 cm³/mol. The largest absolute Gasteiger partial charge is 0.383 e. The highest BCUT2D eigenvalue weighted by Crippen LogP contribution is 2.23. The third-order valence-electron chi connectivity index (χ3n) is 2.55. The van der Waals surface area contributed by atoms with Gasteiger partial charge >= 0.3 is 0 Å². The summed E-state index contributed by atoms with van der Waals surface area (Å²) in [6.07, 6.45) is 0. The average Bonchev–Trinajstić information content (AvgIpc) is 2.39. The van der Waals surface area contributed by atoms with Gasteiger partial charge in [0, 0.05) is 31.8 Å². The third-order valence-corrected chi connectivity index (χ3v) is 3.04. The molecule has 98 valence electrons. The number of nitrogens with zero attached hydrogens (tertiary/aromatic N) is 2. The first-order valence-corrected chi connectivity index (χ1v) is 6.44. The summed E-state index contributed by atoms with van der Waals surface area (Å²) in [5.74, 6) is 0. The lowest BCUT2D eigenvalue weighted by Gasteiger charge is -2.25. The van der Waals surface area contributed by atoms with Gasteiger partial charge in [0.15, 0.2) is 0 Å². The molecule has 18 heavy (non-hydrogen) atoms. The normalized spacial score (nSPS) is 10.1. The minimum Gasteiger partial charge on any atom is -0.383 e. The lowest BCUT2D eigenvalue weighted by atomic mass is 10.1. The van der Waals surface area contributed by atoms with Crippen LogP contribution in [0.5, 0.6) is 0 Å². The number of hydrogen-bond donors (Lipinski definition) is 0. The first-order valence-electron chi connectivity index (χ1n) is 5.65. The topological polar surface area (TPSA) is 45.5 Å². The number of benzene rings is 1. The van der Waals surface area contributed by atoms with Crippen molar-refractivity contribution in [3.63, 3.8) is 0 Å². The smallest absolute Gasteiger partial charge is 0.101 e. The maximum Gasteiger partial charge on any atom is 0.101 e. The van der Waals surface area contributed by atoms with E-state index in [9.17, 15) is 5.26 Å². The van der Waals surface area contributed by atoms with Gasteiger partial charge in [-0.2, -0.15) is 5.26 Å². The van der Waals surface area contributed by atoms with Crippen LogP contribution >= 0.6 is 15.9 Å². The van der Waals surface area contributed by atoms with Crippen molar-refractivity contribution in [2.75, 3.05) is 45.4 Å². The molecule has 0 saturated heterocycles. The van der Waals surface area contributed by atoms with Crippen molar-refractivity contribution < 1.29 is 9.47 Å². The molecule has 0 amide bonds. The van der Waals surface area contributed by atoms with Gasteiger partial charge < -0.3 is 14.4 Å². The summed E-state index contributed by atoms with van der Waals surface area (Å²) in [5, 5.41) is 9.18. The molecule has 0 atom stereocenters. The number of methoxy groups -OCH3 is 2. The molecular weight excluding hydrogens is 296 g/mol. The molecule has 1 rings (SSSR count). The van der Waals surface area contributed by atoms with Gasteiger partial charge in [-0.3, -0.25) is 0 Å². The number of hydrogen-bond acceptors (Lipinski definition) is 4. The summed E-state index contributed by atoms with van der Waals surface area (Å²) >= 11 is 3.37. The van der Waals surface area contributed by atoms with Gasteiger partial charge in [0.1, 0.15) is 6.07 Å². The predicted octanol–water partition coefficient (Wildman–Crippen LogP) is 2.42. The van der Waals surface area contributed by atoms with E-state index in [0.717, 1.165) is 23.2 Å². The fourth-order valence-electron chi connectivity index (χ4n) is 1.63. The number of rotatable bonds is 7. The number of halogens is 1. The molecule has 1 aromatic rings. The molecule has 4 nitrogen and oxygen atoms in total. The Kier molecular flexibility index (Phi) is 6.73. The summed E-state index contributed by atoms with van der Waals surface area (Å²) in [6, 6.07) is 7.91. The molecule has 0 aliphatic carbocycles. The SMILES string of the molecule is COCCN(CCOC)c1ccc(Br)cc1C#N. The van der Waals surface area contributed by atoms with Crippen molar-refractivity contribution in [2.45, 2.75) is 0 Å². The second-order valence-electron chi connectivity index (χ2n) is 3.75. The maximum atomic E-state index is 9.18. The highest BCUT2D eigenvalue weighted by atomic mass is 79.9. The van der Waals surface area contributed by atoms with Gasteiger partial charge in [-0.05, 0) is 18.2 Å². The van der Waals surface area contributed by atoms with E-state index >= 15 is 0 Å². The van der Waals surface area contributed by atoms with Crippen LogP contribution in [-0.4, -0.2) is 40.5 Å². The van der Waals surface area contributed by atoms with Crippen LogP contribution in [0.2, 0.25) is 0 Å². The molecule has 5 heteroatoms. The summed E-state index contributed by atoms with van der Waals surface area (Å²) in [6.45, 7) is 2.70. The molecule has 0 heterocycles. The van der Waals surface area contributed by atoms with E-state index in [0.29, 0.717) is 18.8 Å². The molecule has 0 aliphatic rings. The molecule has 0 saturated carbocycles. The van der Waals surface area contributed by atoms with E-state index < -0.39 is 0 Å². The first-order chi connectivity index (χ1) is 8.72. The van der Waals surface area contributed by atoms with Crippen molar-refractivity contribution in [1.29, 1.82) is 5.26 Å². The standard InChI is InChI=1S/C13H17BrN2O2/c1-17-7-5-16(6-8-18-2)13-4-3-12(14)9-11(13)10-15/h3-4,9H,5-8H2,1-2H3. The van der Waals surface area contributed by atoms with Crippen LogP contribution in [-0.2, 0) is 9.47 Å². The quantitative estimate of drug-likeness (QED) is 0.775. The van der Waals surface area contributed by atoms with Gasteiger partial charge in [-0.1, -0.05) is 15.9 Å². The van der Waals surface area contributed by atoms with Gasteiger partial charge in [-0.25, -0.2) is 0 Å². The zero-order valence-corrected chi connectivity index (χ0v) is 12.2. The Labute approximate surface area is 116 Å². The number of nitriles is 1. The lowest BCUT2D eigenvalue weighted by Crippen LogP contribution is -2.31. The van der Waals surface area contributed by atoms with E-state index in [1.54, 1.807) is 14.2 Å². The van der Waals surface area contributed by atoms with Crippen molar-refractivity contribution in [1.82, 2.24) is 0 Å². The summed E-state index contributed by atoms with van der Waals surface area (Å²) in [4.78, 5) is 2.10. The molecule has 0 N–H and O–H groups in total. The second kappa shape index (κ2) is 8.09. The molecule has 0 fully saturated rings. The van der Waals surface area contributed by atoms with E-state index in [1.807, 2.05) is 18.2 Å². The second-order valence-corrected chi connectivity index (χ2v) is 4.66. The van der Waals surface area contributed by atoms with Crippen LogP contribution in [0.4, 0.5) is 5.69 Å². The Morgan fingerprint density at radius 2 is 1.83 bits per heavy atom. The minimum absolute atomic E-state index is 0.616. The highest BCUT2D eigenvalue weighted by molar-refractivity contribution is 9.10. The van der Waals surface area contributed by atoms with Crippen molar-refractivity contribution in [2.24, 2.45) is 0 Å². The molecule has 0 unspecified atom stereocenters. The Balaban J connectivity index is 2.92. The Bertz CT molecular complexity index is 410. The van der Waals surface area contributed by atoms with E-state index in [2.05, 4.69) is 26.9 Å².